The number of nitrogens with zero attached hydrogens (tertiary/aromatic N) is 1. The first kappa shape index (κ1) is 14.3. The second-order valence-corrected chi connectivity index (χ2v) is 4.85. The van der Waals surface area contributed by atoms with Crippen molar-refractivity contribution in [2.45, 2.75) is 24.9 Å². The first-order valence-corrected chi connectivity index (χ1v) is 6.39. The van der Waals surface area contributed by atoms with E-state index in [1.54, 1.807) is 13.0 Å². The SMILES string of the molecule is CCc1ccc(S(N)(=O)=O)c(OC(F)F)c1C#N. The van der Waals surface area contributed by atoms with Crippen LogP contribution in [0.15, 0.2) is 17.0 Å². The van der Waals surface area contributed by atoms with Gasteiger partial charge < -0.3 is 4.74 Å². The molecule has 0 amide bonds. The van der Waals surface area contributed by atoms with Crippen molar-refractivity contribution in [3.05, 3.63) is 23.3 Å². The van der Waals surface area contributed by atoms with Gasteiger partial charge in [0.15, 0.2) is 5.75 Å². The van der Waals surface area contributed by atoms with Crippen molar-refractivity contribution in [1.29, 1.82) is 5.26 Å². The molecule has 0 fully saturated rings. The van der Waals surface area contributed by atoms with Gasteiger partial charge in [0, 0.05) is 0 Å². The zero-order valence-corrected chi connectivity index (χ0v) is 10.2. The Morgan fingerprint density at radius 1 is 1.50 bits per heavy atom. The maximum atomic E-state index is 12.3. The number of alkyl halides is 2. The van der Waals surface area contributed by atoms with Crippen molar-refractivity contribution in [2.75, 3.05) is 0 Å². The molecule has 0 aromatic heterocycles. The zero-order valence-electron chi connectivity index (χ0n) is 9.35. The van der Waals surface area contributed by atoms with Gasteiger partial charge in [0.05, 0.1) is 5.56 Å². The van der Waals surface area contributed by atoms with E-state index in [0.717, 1.165) is 6.07 Å². The molecule has 0 spiro atoms. The van der Waals surface area contributed by atoms with Crippen molar-refractivity contribution < 1.29 is 21.9 Å². The Morgan fingerprint density at radius 2 is 2.11 bits per heavy atom. The van der Waals surface area contributed by atoms with Crippen LogP contribution in [0.25, 0.3) is 0 Å². The van der Waals surface area contributed by atoms with Gasteiger partial charge in [-0.15, -0.1) is 0 Å². The topological polar surface area (TPSA) is 93.2 Å². The van der Waals surface area contributed by atoms with Crippen molar-refractivity contribution in [1.82, 2.24) is 0 Å². The highest BCUT2D eigenvalue weighted by molar-refractivity contribution is 7.89. The fourth-order valence-electron chi connectivity index (χ4n) is 1.45. The number of rotatable bonds is 4. The number of sulfonamides is 1. The third-order valence-corrected chi connectivity index (χ3v) is 3.15. The molecule has 0 aliphatic heterocycles. The summed E-state index contributed by atoms with van der Waals surface area (Å²) in [7, 11) is -4.25. The minimum Gasteiger partial charge on any atom is -0.432 e. The molecule has 0 bridgehead atoms. The standard InChI is InChI=1S/C10H10F2N2O3S/c1-2-6-3-4-8(18(14,15)16)9(7(6)5-13)17-10(11)12/h3-4,10H,2H2,1H3,(H2,14,15,16). The molecule has 1 rings (SSSR count). The van der Waals surface area contributed by atoms with E-state index >= 15 is 0 Å². The molecular weight excluding hydrogens is 266 g/mol. The molecule has 0 heterocycles. The van der Waals surface area contributed by atoms with Gasteiger partial charge in [-0.05, 0) is 18.1 Å². The molecule has 1 aromatic rings. The van der Waals surface area contributed by atoms with Gasteiger partial charge in [-0.25, -0.2) is 13.6 Å². The van der Waals surface area contributed by atoms with Crippen LogP contribution >= 0.6 is 0 Å². The lowest BCUT2D eigenvalue weighted by Gasteiger charge is -2.13. The number of nitriles is 1. The van der Waals surface area contributed by atoms with E-state index in [1.807, 2.05) is 0 Å². The summed E-state index contributed by atoms with van der Waals surface area (Å²) in [6, 6.07) is 4.05. The second-order valence-electron chi connectivity index (χ2n) is 3.32. The van der Waals surface area contributed by atoms with Crippen molar-refractivity contribution in [2.24, 2.45) is 5.14 Å². The normalized spacial score (nSPS) is 11.3. The van der Waals surface area contributed by atoms with Gasteiger partial charge in [0.1, 0.15) is 11.0 Å². The van der Waals surface area contributed by atoms with Gasteiger partial charge >= 0.3 is 6.61 Å². The van der Waals surface area contributed by atoms with E-state index in [0.29, 0.717) is 12.0 Å². The lowest BCUT2D eigenvalue weighted by Crippen LogP contribution is -2.16. The van der Waals surface area contributed by atoms with Crippen LogP contribution in [0.4, 0.5) is 8.78 Å². The number of hydrogen-bond donors (Lipinski definition) is 1. The average molecular weight is 276 g/mol. The van der Waals surface area contributed by atoms with Crippen LogP contribution in [-0.4, -0.2) is 15.0 Å². The molecule has 0 radical (unpaired) electrons. The van der Waals surface area contributed by atoms with Crippen LogP contribution in [0.5, 0.6) is 5.75 Å². The molecule has 0 aliphatic rings. The fourth-order valence-corrected chi connectivity index (χ4v) is 2.12. The summed E-state index contributed by atoms with van der Waals surface area (Å²) < 4.78 is 51.2. The van der Waals surface area contributed by atoms with E-state index in [2.05, 4.69) is 4.74 Å². The third-order valence-electron chi connectivity index (χ3n) is 2.21. The highest BCUT2D eigenvalue weighted by atomic mass is 32.2. The van der Waals surface area contributed by atoms with Crippen LogP contribution in [0.1, 0.15) is 18.1 Å². The first-order valence-electron chi connectivity index (χ1n) is 4.84. The Kier molecular flexibility index (Phi) is 4.21. The number of nitrogens with two attached hydrogens (primary N) is 1. The van der Waals surface area contributed by atoms with Gasteiger partial charge in [-0.2, -0.15) is 14.0 Å². The minimum atomic E-state index is -4.25. The Hall–Kier alpha value is -1.72. The van der Waals surface area contributed by atoms with E-state index in [1.165, 1.54) is 6.07 Å². The monoisotopic (exact) mass is 276 g/mol. The van der Waals surface area contributed by atoms with E-state index in [-0.39, 0.29) is 5.56 Å². The average Bonchev–Trinajstić information content (AvgIpc) is 2.25. The molecule has 0 saturated carbocycles. The summed E-state index contributed by atoms with van der Waals surface area (Å²) in [6.45, 7) is -1.55. The summed E-state index contributed by atoms with van der Waals surface area (Å²) in [5.41, 5.74) is 0.157. The smallest absolute Gasteiger partial charge is 0.387 e. The molecule has 98 valence electrons. The number of aryl methyl sites for hydroxylation is 1. The molecule has 5 nitrogen and oxygen atoms in total. The number of benzene rings is 1. The third kappa shape index (κ3) is 2.94. The molecule has 8 heteroatoms. The largest absolute Gasteiger partial charge is 0.432 e. The van der Waals surface area contributed by atoms with Crippen LogP contribution in [-0.2, 0) is 16.4 Å². The Balaban J connectivity index is 3.61. The minimum absolute atomic E-state index is 0.246. The number of ether oxygens (including phenoxy) is 1. The first-order chi connectivity index (χ1) is 8.31. The van der Waals surface area contributed by atoms with E-state index < -0.39 is 27.3 Å². The molecule has 18 heavy (non-hydrogen) atoms. The molecule has 0 saturated heterocycles. The van der Waals surface area contributed by atoms with Gasteiger partial charge in [0.2, 0.25) is 10.0 Å². The Morgan fingerprint density at radius 3 is 2.50 bits per heavy atom. The molecular formula is C10H10F2N2O3S. The molecule has 0 atom stereocenters. The summed E-state index contributed by atoms with van der Waals surface area (Å²) in [5, 5.41) is 13.8. The Labute approximate surface area is 103 Å². The highest BCUT2D eigenvalue weighted by Gasteiger charge is 2.23. The van der Waals surface area contributed by atoms with E-state index in [4.69, 9.17) is 10.4 Å². The van der Waals surface area contributed by atoms with E-state index in [9.17, 15) is 17.2 Å². The fraction of sp³-hybridized carbons (Fsp3) is 0.300. The van der Waals surface area contributed by atoms with Crippen LogP contribution in [0.3, 0.4) is 0 Å². The maximum Gasteiger partial charge on any atom is 0.387 e. The maximum absolute atomic E-state index is 12.3. The van der Waals surface area contributed by atoms with Crippen LogP contribution < -0.4 is 9.88 Å². The predicted molar refractivity (Wildman–Crippen MR) is 58.5 cm³/mol. The highest BCUT2D eigenvalue weighted by Crippen LogP contribution is 2.31. The molecule has 0 unspecified atom stereocenters. The lowest BCUT2D eigenvalue weighted by molar-refractivity contribution is -0.0519. The molecule has 1 aromatic carbocycles. The number of halogens is 2. The quantitative estimate of drug-likeness (QED) is 0.898. The summed E-state index contributed by atoms with van der Waals surface area (Å²) in [4.78, 5) is -0.628. The van der Waals surface area contributed by atoms with Crippen molar-refractivity contribution in [3.63, 3.8) is 0 Å². The second kappa shape index (κ2) is 5.29. The van der Waals surface area contributed by atoms with Crippen LogP contribution in [0.2, 0.25) is 0 Å². The van der Waals surface area contributed by atoms with Gasteiger partial charge in [-0.3, -0.25) is 0 Å². The number of primary sulfonamides is 1. The summed E-state index contributed by atoms with van der Waals surface area (Å²) in [6.07, 6.45) is 0.368. The van der Waals surface area contributed by atoms with Gasteiger partial charge in [0.25, 0.3) is 0 Å². The number of hydrogen-bond acceptors (Lipinski definition) is 4. The van der Waals surface area contributed by atoms with Crippen molar-refractivity contribution in [3.8, 4) is 11.8 Å². The van der Waals surface area contributed by atoms with Gasteiger partial charge in [-0.1, -0.05) is 13.0 Å². The summed E-state index contributed by atoms with van der Waals surface area (Å²) >= 11 is 0. The Bertz CT molecular complexity index is 594. The lowest BCUT2D eigenvalue weighted by atomic mass is 10.1. The zero-order chi connectivity index (χ0) is 13.9. The van der Waals surface area contributed by atoms with Crippen LogP contribution in [0, 0.1) is 11.3 Å². The molecule has 0 aliphatic carbocycles. The predicted octanol–water partition coefficient (Wildman–Crippen LogP) is 1.37. The molecule has 2 N–H and O–H groups in total. The summed E-state index contributed by atoms with van der Waals surface area (Å²) in [5.74, 6) is -0.700. The van der Waals surface area contributed by atoms with Crippen molar-refractivity contribution >= 4 is 10.0 Å².